The van der Waals surface area contributed by atoms with Crippen molar-refractivity contribution in [1.29, 1.82) is 0 Å². The van der Waals surface area contributed by atoms with E-state index in [-0.39, 0.29) is 24.8 Å². The number of hydrogen-bond acceptors (Lipinski definition) is 3. The largest absolute Gasteiger partial charge is 0.494 e. The molecule has 0 aromatic heterocycles. The molecule has 7 heteroatoms. The number of rotatable bonds is 10. The second kappa shape index (κ2) is 11.8. The average Bonchev–Trinajstić information content (AvgIpc) is 2.71. The van der Waals surface area contributed by atoms with Gasteiger partial charge in [-0.2, -0.15) is 0 Å². The van der Waals surface area contributed by atoms with E-state index < -0.39 is 6.04 Å². The molecule has 0 saturated heterocycles. The van der Waals surface area contributed by atoms with Crippen molar-refractivity contribution in [2.75, 3.05) is 13.2 Å². The van der Waals surface area contributed by atoms with Gasteiger partial charge >= 0.3 is 0 Å². The number of hydrogen-bond donors (Lipinski definition) is 1. The van der Waals surface area contributed by atoms with Crippen molar-refractivity contribution in [2.45, 2.75) is 46.2 Å². The summed E-state index contributed by atoms with van der Waals surface area (Å²) in [4.78, 5) is 26.9. The fourth-order valence-corrected chi connectivity index (χ4v) is 3.40. The lowest BCUT2D eigenvalue weighted by atomic mass is 10.1. The molecular weight excluding hydrogens is 423 g/mol. The molecule has 0 spiro atoms. The monoisotopic (exact) mass is 450 g/mol. The summed E-state index contributed by atoms with van der Waals surface area (Å²) in [6, 6.07) is 12.3. The van der Waals surface area contributed by atoms with E-state index >= 15 is 0 Å². The number of amides is 2. The number of likely N-dealkylation sites (N-methyl/N-ethyl adjacent to an activating group) is 1. The van der Waals surface area contributed by atoms with Gasteiger partial charge in [0, 0.05) is 29.6 Å². The van der Waals surface area contributed by atoms with Crippen molar-refractivity contribution in [3.05, 3.63) is 63.6 Å². The molecule has 0 aliphatic heterocycles. The number of nitrogens with zero attached hydrogens (tertiary/aromatic N) is 1. The Kier molecular flexibility index (Phi) is 9.47. The highest BCUT2D eigenvalue weighted by atomic mass is 35.5. The van der Waals surface area contributed by atoms with Gasteiger partial charge in [-0.25, -0.2) is 0 Å². The van der Waals surface area contributed by atoms with E-state index in [1.807, 2.05) is 38.1 Å². The van der Waals surface area contributed by atoms with Crippen LogP contribution in [0.2, 0.25) is 10.0 Å². The van der Waals surface area contributed by atoms with E-state index in [9.17, 15) is 9.59 Å². The molecule has 1 N–H and O–H groups in total. The van der Waals surface area contributed by atoms with Crippen LogP contribution >= 0.6 is 23.2 Å². The van der Waals surface area contributed by atoms with Gasteiger partial charge in [0.2, 0.25) is 11.8 Å². The summed E-state index contributed by atoms with van der Waals surface area (Å²) in [5.41, 5.74) is 1.90. The Hall–Kier alpha value is -2.24. The second-order valence-corrected chi connectivity index (χ2v) is 7.94. The molecule has 162 valence electrons. The Bertz CT molecular complexity index is 856. The van der Waals surface area contributed by atoms with Crippen LogP contribution in [0.1, 0.15) is 37.8 Å². The van der Waals surface area contributed by atoms with Gasteiger partial charge in [-0.15, -0.1) is 0 Å². The predicted molar refractivity (Wildman–Crippen MR) is 121 cm³/mol. The van der Waals surface area contributed by atoms with Crippen molar-refractivity contribution >= 4 is 35.0 Å². The van der Waals surface area contributed by atoms with E-state index in [0.717, 1.165) is 16.9 Å². The summed E-state index contributed by atoms with van der Waals surface area (Å²) in [6.07, 6.45) is 0.806. The molecule has 2 rings (SSSR count). The number of halogens is 2. The van der Waals surface area contributed by atoms with Gasteiger partial charge in [0.15, 0.2) is 0 Å². The highest BCUT2D eigenvalue weighted by molar-refractivity contribution is 6.35. The zero-order chi connectivity index (χ0) is 22.1. The average molecular weight is 451 g/mol. The third kappa shape index (κ3) is 7.22. The Balaban J connectivity index is 2.01. The topological polar surface area (TPSA) is 58.6 Å². The molecular formula is C23H28Cl2N2O3. The first kappa shape index (κ1) is 24.0. The fraction of sp³-hybridized carbons (Fsp3) is 0.391. The Morgan fingerprint density at radius 3 is 2.47 bits per heavy atom. The molecule has 0 aliphatic carbocycles. The minimum absolute atomic E-state index is 0.132. The molecule has 0 heterocycles. The third-order valence-electron chi connectivity index (χ3n) is 4.70. The zero-order valence-corrected chi connectivity index (χ0v) is 19.1. The van der Waals surface area contributed by atoms with Crippen LogP contribution in [0.25, 0.3) is 0 Å². The quantitative estimate of drug-likeness (QED) is 0.517. The first-order chi connectivity index (χ1) is 14.3. The van der Waals surface area contributed by atoms with E-state index in [2.05, 4.69) is 5.32 Å². The van der Waals surface area contributed by atoms with E-state index in [1.165, 1.54) is 0 Å². The van der Waals surface area contributed by atoms with Crippen molar-refractivity contribution < 1.29 is 14.3 Å². The van der Waals surface area contributed by atoms with Gasteiger partial charge < -0.3 is 15.0 Å². The number of benzene rings is 2. The number of ether oxygens (including phenoxy) is 1. The molecule has 2 amide bonds. The van der Waals surface area contributed by atoms with Crippen molar-refractivity contribution in [3.63, 3.8) is 0 Å². The molecule has 2 aromatic rings. The molecule has 0 saturated carbocycles. The zero-order valence-electron chi connectivity index (χ0n) is 17.6. The van der Waals surface area contributed by atoms with Crippen LogP contribution in [0.15, 0.2) is 42.5 Å². The molecule has 2 aromatic carbocycles. The third-order valence-corrected chi connectivity index (χ3v) is 5.29. The minimum Gasteiger partial charge on any atom is -0.494 e. The van der Waals surface area contributed by atoms with Crippen LogP contribution in [-0.4, -0.2) is 35.9 Å². The maximum Gasteiger partial charge on any atom is 0.242 e. The number of aryl methyl sites for hydroxylation is 1. The molecule has 1 atom stereocenters. The highest BCUT2D eigenvalue weighted by Crippen LogP contribution is 2.23. The van der Waals surface area contributed by atoms with E-state index in [4.69, 9.17) is 27.9 Å². The first-order valence-electron chi connectivity index (χ1n) is 10.0. The lowest BCUT2D eigenvalue weighted by Gasteiger charge is -2.29. The van der Waals surface area contributed by atoms with E-state index in [1.54, 1.807) is 30.0 Å². The predicted octanol–water partition coefficient (Wildman–Crippen LogP) is 5.01. The van der Waals surface area contributed by atoms with Gasteiger partial charge in [-0.3, -0.25) is 9.59 Å². The summed E-state index contributed by atoms with van der Waals surface area (Å²) in [7, 11) is 0. The smallest absolute Gasteiger partial charge is 0.242 e. The standard InChI is InChI=1S/C23H28Cl2N2O3/c1-4-26-23(29)17(3)27(15-18-9-10-19(24)14-21(18)25)22(28)6-5-13-30-20-11-7-16(2)8-12-20/h7-12,14,17H,4-6,13,15H2,1-3H3,(H,26,29)/t17-/m0/s1. The van der Waals surface area contributed by atoms with Gasteiger partial charge in [0.05, 0.1) is 6.61 Å². The molecule has 0 unspecified atom stereocenters. The molecule has 0 fully saturated rings. The Labute approximate surface area is 188 Å². The van der Waals surface area contributed by atoms with Crippen LogP contribution in [0.3, 0.4) is 0 Å². The minimum atomic E-state index is -0.623. The van der Waals surface area contributed by atoms with Gasteiger partial charge in [0.1, 0.15) is 11.8 Å². The van der Waals surface area contributed by atoms with Crippen molar-refractivity contribution in [2.24, 2.45) is 0 Å². The summed E-state index contributed by atoms with van der Waals surface area (Å²) in [6.45, 7) is 6.72. The molecule has 0 bridgehead atoms. The molecule has 5 nitrogen and oxygen atoms in total. The summed E-state index contributed by atoms with van der Waals surface area (Å²) in [5.74, 6) is 0.438. The van der Waals surface area contributed by atoms with Crippen molar-refractivity contribution in [3.8, 4) is 5.75 Å². The van der Waals surface area contributed by atoms with Gasteiger partial charge in [0.25, 0.3) is 0 Å². The van der Waals surface area contributed by atoms with Crippen LogP contribution < -0.4 is 10.1 Å². The van der Waals surface area contributed by atoms with Crippen molar-refractivity contribution in [1.82, 2.24) is 10.2 Å². The normalized spacial score (nSPS) is 11.6. The van der Waals surface area contributed by atoms with Crippen LogP contribution in [0.4, 0.5) is 0 Å². The summed E-state index contributed by atoms with van der Waals surface area (Å²) in [5, 5.41) is 3.76. The SMILES string of the molecule is CCNC(=O)[C@H](C)N(Cc1ccc(Cl)cc1Cl)C(=O)CCCOc1ccc(C)cc1. The van der Waals surface area contributed by atoms with Gasteiger partial charge in [-0.05, 0) is 57.0 Å². The van der Waals surface area contributed by atoms with Gasteiger partial charge in [-0.1, -0.05) is 47.0 Å². The number of carbonyl (C=O) groups excluding carboxylic acids is 2. The lowest BCUT2D eigenvalue weighted by molar-refractivity contribution is -0.140. The maximum absolute atomic E-state index is 13.0. The number of nitrogens with one attached hydrogen (secondary N) is 1. The van der Waals surface area contributed by atoms with Crippen LogP contribution in [-0.2, 0) is 16.1 Å². The Morgan fingerprint density at radius 1 is 1.13 bits per heavy atom. The van der Waals surface area contributed by atoms with Crippen LogP contribution in [0, 0.1) is 6.92 Å². The first-order valence-corrected chi connectivity index (χ1v) is 10.8. The maximum atomic E-state index is 13.0. The van der Waals surface area contributed by atoms with E-state index in [0.29, 0.717) is 29.6 Å². The summed E-state index contributed by atoms with van der Waals surface area (Å²) >= 11 is 12.3. The molecule has 30 heavy (non-hydrogen) atoms. The molecule has 0 aliphatic rings. The van der Waals surface area contributed by atoms with Crippen LogP contribution in [0.5, 0.6) is 5.75 Å². The Morgan fingerprint density at radius 2 is 1.83 bits per heavy atom. The lowest BCUT2D eigenvalue weighted by Crippen LogP contribution is -2.47. The fourth-order valence-electron chi connectivity index (χ4n) is 2.93. The second-order valence-electron chi connectivity index (χ2n) is 7.09. The summed E-state index contributed by atoms with van der Waals surface area (Å²) < 4.78 is 5.70. The number of carbonyl (C=O) groups is 2. The molecule has 0 radical (unpaired) electrons. The highest BCUT2D eigenvalue weighted by Gasteiger charge is 2.26.